The summed E-state index contributed by atoms with van der Waals surface area (Å²) in [7, 11) is -3.72. The maximum absolute atomic E-state index is 13.4. The van der Waals surface area contributed by atoms with Gasteiger partial charge in [0.15, 0.2) is 0 Å². The highest BCUT2D eigenvalue weighted by atomic mass is 79.9. The fraction of sp³-hybridized carbons (Fsp3) is 0.278. The van der Waals surface area contributed by atoms with Gasteiger partial charge in [-0.1, -0.05) is 41.4 Å². The number of benzene rings is 2. The fourth-order valence-corrected chi connectivity index (χ4v) is 4.58. The van der Waals surface area contributed by atoms with Gasteiger partial charge in [0, 0.05) is 24.1 Å². The zero-order chi connectivity index (χ0) is 20.2. The molecule has 146 valence electrons. The fourth-order valence-electron chi connectivity index (χ4n) is 2.50. The molecule has 2 aromatic rings. The molecule has 0 heterocycles. The van der Waals surface area contributed by atoms with Crippen LogP contribution >= 0.6 is 27.5 Å². The number of carbonyl (C=O) groups is 1. The Hall–Kier alpha value is -1.48. The molecule has 0 unspecified atom stereocenters. The second-order valence-corrected chi connectivity index (χ2v) is 8.85. The first-order valence-corrected chi connectivity index (χ1v) is 10.8. The van der Waals surface area contributed by atoms with Crippen LogP contribution in [0.3, 0.4) is 0 Å². The molecular formula is C18H19BrClFN2O3S. The molecular weight excluding hydrogens is 459 g/mol. The van der Waals surface area contributed by atoms with Crippen molar-refractivity contribution in [1.29, 1.82) is 0 Å². The van der Waals surface area contributed by atoms with Gasteiger partial charge in [0.25, 0.3) is 5.91 Å². The van der Waals surface area contributed by atoms with Crippen molar-refractivity contribution in [3.63, 3.8) is 0 Å². The smallest absolute Gasteiger partial charge is 0.253 e. The molecule has 0 aliphatic heterocycles. The minimum absolute atomic E-state index is 0.00677. The SMILES string of the molecule is CCN(CC)S(=O)(=O)c1ccc(Cl)c(C(=O)NCc2cc(F)ccc2Br)c1. The first-order chi connectivity index (χ1) is 12.7. The van der Waals surface area contributed by atoms with E-state index >= 15 is 0 Å². The lowest BCUT2D eigenvalue weighted by molar-refractivity contribution is 0.0950. The number of carbonyl (C=O) groups excluding carboxylic acids is 1. The molecule has 27 heavy (non-hydrogen) atoms. The van der Waals surface area contributed by atoms with Crippen molar-refractivity contribution >= 4 is 43.5 Å². The van der Waals surface area contributed by atoms with Crippen LogP contribution in [-0.2, 0) is 16.6 Å². The van der Waals surface area contributed by atoms with Crippen molar-refractivity contribution in [2.45, 2.75) is 25.3 Å². The highest BCUT2D eigenvalue weighted by Gasteiger charge is 2.23. The second-order valence-electron chi connectivity index (χ2n) is 5.65. The molecule has 0 saturated heterocycles. The number of hydrogen-bond acceptors (Lipinski definition) is 3. The van der Waals surface area contributed by atoms with Crippen LogP contribution in [0.4, 0.5) is 4.39 Å². The van der Waals surface area contributed by atoms with Gasteiger partial charge < -0.3 is 5.32 Å². The van der Waals surface area contributed by atoms with E-state index in [1.165, 1.54) is 34.6 Å². The Morgan fingerprint density at radius 3 is 2.48 bits per heavy atom. The lowest BCUT2D eigenvalue weighted by Gasteiger charge is -2.19. The van der Waals surface area contributed by atoms with Crippen LogP contribution in [0.15, 0.2) is 45.8 Å². The molecule has 0 bridgehead atoms. The highest BCUT2D eigenvalue weighted by molar-refractivity contribution is 9.10. The lowest BCUT2D eigenvalue weighted by atomic mass is 10.2. The second kappa shape index (κ2) is 9.14. The standard InChI is InChI=1S/C18H19BrClFN2O3S/c1-3-23(4-2)27(25,26)14-6-8-17(20)15(10-14)18(24)22-11-12-9-13(21)5-7-16(12)19/h5-10H,3-4,11H2,1-2H3,(H,22,24). The van der Waals surface area contributed by atoms with Crippen molar-refractivity contribution < 1.29 is 17.6 Å². The third-order valence-electron chi connectivity index (χ3n) is 3.97. The van der Waals surface area contributed by atoms with Gasteiger partial charge in [0.05, 0.1) is 15.5 Å². The van der Waals surface area contributed by atoms with Crippen molar-refractivity contribution in [2.24, 2.45) is 0 Å². The summed E-state index contributed by atoms with van der Waals surface area (Å²) >= 11 is 9.38. The molecule has 0 aliphatic carbocycles. The van der Waals surface area contributed by atoms with Crippen LogP contribution in [0.25, 0.3) is 0 Å². The number of hydrogen-bond donors (Lipinski definition) is 1. The predicted octanol–water partition coefficient (Wildman–Crippen LogP) is 4.20. The molecule has 0 saturated carbocycles. The monoisotopic (exact) mass is 476 g/mol. The third-order valence-corrected chi connectivity index (χ3v) is 7.12. The van der Waals surface area contributed by atoms with Crippen molar-refractivity contribution in [1.82, 2.24) is 9.62 Å². The molecule has 2 aromatic carbocycles. The third kappa shape index (κ3) is 5.07. The summed E-state index contributed by atoms with van der Waals surface area (Å²) in [5.41, 5.74) is 0.587. The van der Waals surface area contributed by atoms with E-state index < -0.39 is 21.7 Å². The number of nitrogens with one attached hydrogen (secondary N) is 1. The Labute approximate surface area is 171 Å². The summed E-state index contributed by atoms with van der Waals surface area (Å²) in [6, 6.07) is 8.15. The van der Waals surface area contributed by atoms with Crippen LogP contribution in [0.5, 0.6) is 0 Å². The zero-order valence-electron chi connectivity index (χ0n) is 14.8. The Balaban J connectivity index is 2.27. The molecule has 2 rings (SSSR count). The van der Waals surface area contributed by atoms with E-state index in [0.29, 0.717) is 23.1 Å². The maximum Gasteiger partial charge on any atom is 0.253 e. The molecule has 0 fully saturated rings. The molecule has 1 N–H and O–H groups in total. The Morgan fingerprint density at radius 2 is 1.85 bits per heavy atom. The van der Waals surface area contributed by atoms with Crippen molar-refractivity contribution in [3.05, 3.63) is 62.8 Å². The number of halogens is 3. The van der Waals surface area contributed by atoms with Crippen LogP contribution < -0.4 is 5.32 Å². The van der Waals surface area contributed by atoms with E-state index in [0.717, 1.165) is 0 Å². The summed E-state index contributed by atoms with van der Waals surface area (Å²) in [5.74, 6) is -0.972. The van der Waals surface area contributed by atoms with Gasteiger partial charge in [0.1, 0.15) is 5.82 Å². The van der Waals surface area contributed by atoms with E-state index in [9.17, 15) is 17.6 Å². The van der Waals surface area contributed by atoms with Gasteiger partial charge in [0.2, 0.25) is 10.0 Å². The van der Waals surface area contributed by atoms with Crippen molar-refractivity contribution in [2.75, 3.05) is 13.1 Å². The summed E-state index contributed by atoms with van der Waals surface area (Å²) in [4.78, 5) is 12.5. The van der Waals surface area contributed by atoms with Gasteiger partial charge >= 0.3 is 0 Å². The van der Waals surface area contributed by atoms with Crippen LogP contribution in [-0.4, -0.2) is 31.7 Å². The van der Waals surface area contributed by atoms with E-state index in [4.69, 9.17) is 11.6 Å². The molecule has 0 aliphatic rings. The average molecular weight is 478 g/mol. The molecule has 5 nitrogen and oxygen atoms in total. The quantitative estimate of drug-likeness (QED) is 0.650. The van der Waals surface area contributed by atoms with Gasteiger partial charge in [-0.15, -0.1) is 0 Å². The number of rotatable bonds is 7. The normalized spacial score (nSPS) is 11.6. The maximum atomic E-state index is 13.4. The van der Waals surface area contributed by atoms with E-state index in [2.05, 4.69) is 21.2 Å². The summed E-state index contributed by atoms with van der Waals surface area (Å²) in [6.07, 6.45) is 0. The number of sulfonamides is 1. The summed E-state index contributed by atoms with van der Waals surface area (Å²) in [5, 5.41) is 2.76. The number of amides is 1. The van der Waals surface area contributed by atoms with E-state index in [1.807, 2.05) is 0 Å². The minimum Gasteiger partial charge on any atom is -0.348 e. The molecule has 9 heteroatoms. The highest BCUT2D eigenvalue weighted by Crippen LogP contribution is 2.23. The minimum atomic E-state index is -3.72. The van der Waals surface area contributed by atoms with E-state index in [-0.39, 0.29) is 22.0 Å². The molecule has 0 radical (unpaired) electrons. The largest absolute Gasteiger partial charge is 0.348 e. The van der Waals surface area contributed by atoms with Gasteiger partial charge in [-0.25, -0.2) is 12.8 Å². The zero-order valence-corrected chi connectivity index (χ0v) is 18.0. The van der Waals surface area contributed by atoms with Crippen LogP contribution in [0.2, 0.25) is 5.02 Å². The first kappa shape index (κ1) is 21.8. The molecule has 0 aromatic heterocycles. The van der Waals surface area contributed by atoms with Gasteiger partial charge in [-0.3, -0.25) is 4.79 Å². The van der Waals surface area contributed by atoms with Crippen LogP contribution in [0.1, 0.15) is 29.8 Å². The predicted molar refractivity (Wildman–Crippen MR) is 107 cm³/mol. The van der Waals surface area contributed by atoms with Crippen LogP contribution in [0, 0.1) is 5.82 Å². The summed E-state index contributed by atoms with van der Waals surface area (Å²) in [6.45, 7) is 4.16. The average Bonchev–Trinajstić information content (AvgIpc) is 2.63. The number of nitrogens with zero attached hydrogens (tertiary/aromatic N) is 1. The lowest BCUT2D eigenvalue weighted by Crippen LogP contribution is -2.31. The topological polar surface area (TPSA) is 66.5 Å². The Kier molecular flexibility index (Phi) is 7.39. The summed E-state index contributed by atoms with van der Waals surface area (Å²) < 4.78 is 40.6. The molecule has 0 atom stereocenters. The van der Waals surface area contributed by atoms with Gasteiger partial charge in [-0.05, 0) is 42.0 Å². The van der Waals surface area contributed by atoms with Crippen molar-refractivity contribution in [3.8, 4) is 0 Å². The first-order valence-electron chi connectivity index (χ1n) is 8.22. The molecule has 1 amide bonds. The Bertz CT molecular complexity index is 950. The van der Waals surface area contributed by atoms with Gasteiger partial charge in [-0.2, -0.15) is 4.31 Å². The Morgan fingerprint density at radius 1 is 1.19 bits per heavy atom. The molecule has 0 spiro atoms. The van der Waals surface area contributed by atoms with E-state index in [1.54, 1.807) is 19.9 Å².